The molecule has 0 amide bonds. The van der Waals surface area contributed by atoms with Gasteiger partial charge in [-0.1, -0.05) is 24.3 Å². The van der Waals surface area contributed by atoms with E-state index < -0.39 is 4.92 Å². The predicted octanol–water partition coefficient (Wildman–Crippen LogP) is 3.52. The molecule has 0 saturated heterocycles. The van der Waals surface area contributed by atoms with Crippen molar-refractivity contribution in [2.24, 2.45) is 0 Å². The molecule has 2 aromatic rings. The summed E-state index contributed by atoms with van der Waals surface area (Å²) in [5.74, 6) is 0.785. The Hall–Kier alpha value is -2.56. The van der Waals surface area contributed by atoms with Gasteiger partial charge in [-0.15, -0.1) is 0 Å². The van der Waals surface area contributed by atoms with Gasteiger partial charge >= 0.3 is 0 Å². The Morgan fingerprint density at radius 3 is 2.65 bits per heavy atom. The van der Waals surface area contributed by atoms with E-state index in [9.17, 15) is 10.1 Å². The molecule has 0 saturated carbocycles. The Labute approximate surface area is 117 Å². The standard InChI is InChI=1S/C15H16N2O3/c1-11-5-3-4-6-15(11)20-10-12-7-8-13(16-2)14(9-12)17(18)19/h3-9,16H,10H2,1-2H3. The van der Waals surface area contributed by atoms with Crippen molar-refractivity contribution in [1.29, 1.82) is 0 Å². The van der Waals surface area contributed by atoms with E-state index in [1.807, 2.05) is 37.3 Å². The first-order valence-electron chi connectivity index (χ1n) is 6.25. The highest BCUT2D eigenvalue weighted by atomic mass is 16.6. The average Bonchev–Trinajstić information content (AvgIpc) is 2.46. The Morgan fingerprint density at radius 1 is 1.25 bits per heavy atom. The number of hydrogen-bond acceptors (Lipinski definition) is 4. The summed E-state index contributed by atoms with van der Waals surface area (Å²) in [5.41, 5.74) is 2.35. The van der Waals surface area contributed by atoms with Crippen molar-refractivity contribution in [3.63, 3.8) is 0 Å². The minimum absolute atomic E-state index is 0.0541. The number of benzene rings is 2. The largest absolute Gasteiger partial charge is 0.489 e. The molecule has 0 fully saturated rings. The van der Waals surface area contributed by atoms with Crippen LogP contribution in [0.2, 0.25) is 0 Å². The molecule has 0 unspecified atom stereocenters. The van der Waals surface area contributed by atoms with Crippen LogP contribution >= 0.6 is 0 Å². The highest BCUT2D eigenvalue weighted by Gasteiger charge is 2.13. The number of nitrogens with one attached hydrogen (secondary N) is 1. The summed E-state index contributed by atoms with van der Waals surface area (Å²) in [6, 6.07) is 12.7. The number of hydrogen-bond donors (Lipinski definition) is 1. The van der Waals surface area contributed by atoms with Gasteiger partial charge in [0.25, 0.3) is 5.69 Å². The van der Waals surface area contributed by atoms with Crippen LogP contribution in [0.3, 0.4) is 0 Å². The van der Waals surface area contributed by atoms with Crippen LogP contribution in [0.1, 0.15) is 11.1 Å². The minimum atomic E-state index is -0.400. The Morgan fingerprint density at radius 2 is 2.00 bits per heavy atom. The number of ether oxygens (including phenoxy) is 1. The first-order valence-corrected chi connectivity index (χ1v) is 6.25. The molecular weight excluding hydrogens is 256 g/mol. The molecule has 20 heavy (non-hydrogen) atoms. The number of nitro benzene ring substituents is 1. The summed E-state index contributed by atoms with van der Waals surface area (Å²) in [6.07, 6.45) is 0. The molecule has 0 aliphatic heterocycles. The van der Waals surface area contributed by atoms with E-state index in [4.69, 9.17) is 4.74 Å². The van der Waals surface area contributed by atoms with Gasteiger partial charge in [0.1, 0.15) is 18.0 Å². The van der Waals surface area contributed by atoms with Crippen LogP contribution < -0.4 is 10.1 Å². The van der Waals surface area contributed by atoms with Crippen LogP contribution in [-0.2, 0) is 6.61 Å². The average molecular weight is 272 g/mol. The zero-order valence-electron chi connectivity index (χ0n) is 11.4. The Balaban J connectivity index is 2.16. The van der Waals surface area contributed by atoms with Crippen LogP contribution in [0.5, 0.6) is 5.75 Å². The van der Waals surface area contributed by atoms with Gasteiger partial charge in [-0.2, -0.15) is 0 Å². The van der Waals surface area contributed by atoms with Gasteiger partial charge in [0.2, 0.25) is 0 Å². The molecule has 104 valence electrons. The van der Waals surface area contributed by atoms with E-state index >= 15 is 0 Å². The molecule has 0 aliphatic rings. The molecule has 0 radical (unpaired) electrons. The third-order valence-electron chi connectivity index (χ3n) is 3.02. The number of para-hydroxylation sites is 1. The molecule has 2 aromatic carbocycles. The first kappa shape index (κ1) is 13.9. The maximum absolute atomic E-state index is 11.0. The van der Waals surface area contributed by atoms with E-state index in [0.717, 1.165) is 16.9 Å². The Bertz CT molecular complexity index is 626. The lowest BCUT2D eigenvalue weighted by Gasteiger charge is -2.09. The molecule has 0 heterocycles. The van der Waals surface area contributed by atoms with Crippen molar-refractivity contribution in [2.75, 3.05) is 12.4 Å². The lowest BCUT2D eigenvalue weighted by atomic mass is 10.2. The van der Waals surface area contributed by atoms with E-state index in [0.29, 0.717) is 12.3 Å². The number of nitro groups is 1. The van der Waals surface area contributed by atoms with Crippen LogP contribution in [0.25, 0.3) is 0 Å². The van der Waals surface area contributed by atoms with Crippen LogP contribution in [0, 0.1) is 17.0 Å². The fraction of sp³-hybridized carbons (Fsp3) is 0.200. The van der Waals surface area contributed by atoms with Crippen LogP contribution in [0.4, 0.5) is 11.4 Å². The molecule has 2 rings (SSSR count). The molecule has 0 aliphatic carbocycles. The number of rotatable bonds is 5. The quantitative estimate of drug-likeness (QED) is 0.668. The van der Waals surface area contributed by atoms with Crippen molar-refractivity contribution in [3.8, 4) is 5.75 Å². The van der Waals surface area contributed by atoms with E-state index in [1.54, 1.807) is 13.1 Å². The Kier molecular flexibility index (Phi) is 4.20. The third kappa shape index (κ3) is 3.06. The summed E-state index contributed by atoms with van der Waals surface area (Å²) in [5, 5.41) is 13.8. The van der Waals surface area contributed by atoms with Crippen molar-refractivity contribution in [3.05, 3.63) is 63.7 Å². The lowest BCUT2D eigenvalue weighted by molar-refractivity contribution is -0.384. The van der Waals surface area contributed by atoms with Gasteiger partial charge in [-0.25, -0.2) is 0 Å². The highest BCUT2D eigenvalue weighted by molar-refractivity contribution is 5.62. The van der Waals surface area contributed by atoms with Crippen molar-refractivity contribution < 1.29 is 9.66 Å². The SMILES string of the molecule is CNc1ccc(COc2ccccc2C)cc1[N+](=O)[O-]. The molecule has 1 N–H and O–H groups in total. The second-order valence-corrected chi connectivity index (χ2v) is 4.41. The van der Waals surface area contributed by atoms with Gasteiger partial charge in [0.15, 0.2) is 0 Å². The summed E-state index contributed by atoms with van der Waals surface area (Å²) < 4.78 is 5.69. The van der Waals surface area contributed by atoms with Gasteiger partial charge in [-0.3, -0.25) is 10.1 Å². The molecule has 0 bridgehead atoms. The van der Waals surface area contributed by atoms with E-state index in [2.05, 4.69) is 5.32 Å². The second kappa shape index (κ2) is 6.06. The monoisotopic (exact) mass is 272 g/mol. The van der Waals surface area contributed by atoms with Gasteiger partial charge in [-0.05, 0) is 30.2 Å². The van der Waals surface area contributed by atoms with Crippen LogP contribution in [-0.4, -0.2) is 12.0 Å². The number of nitrogens with zero attached hydrogens (tertiary/aromatic N) is 1. The summed E-state index contributed by atoms with van der Waals surface area (Å²) >= 11 is 0. The fourth-order valence-corrected chi connectivity index (χ4v) is 1.91. The highest BCUT2D eigenvalue weighted by Crippen LogP contribution is 2.26. The molecule has 0 spiro atoms. The fourth-order valence-electron chi connectivity index (χ4n) is 1.91. The maximum atomic E-state index is 11.0. The molecule has 5 heteroatoms. The number of anilines is 1. The molecule has 5 nitrogen and oxygen atoms in total. The smallest absolute Gasteiger partial charge is 0.292 e. The van der Waals surface area contributed by atoms with Gasteiger partial charge < -0.3 is 10.1 Å². The summed E-state index contributed by atoms with van der Waals surface area (Å²) in [4.78, 5) is 10.6. The lowest BCUT2D eigenvalue weighted by Crippen LogP contribution is -2.01. The number of aryl methyl sites for hydroxylation is 1. The predicted molar refractivity (Wildman–Crippen MR) is 78.2 cm³/mol. The molecular formula is C15H16N2O3. The molecule has 0 aromatic heterocycles. The van der Waals surface area contributed by atoms with E-state index in [-0.39, 0.29) is 5.69 Å². The summed E-state index contributed by atoms with van der Waals surface area (Å²) in [6.45, 7) is 2.26. The van der Waals surface area contributed by atoms with E-state index in [1.165, 1.54) is 6.07 Å². The minimum Gasteiger partial charge on any atom is -0.489 e. The first-order chi connectivity index (χ1) is 9.61. The van der Waals surface area contributed by atoms with Crippen molar-refractivity contribution >= 4 is 11.4 Å². The zero-order chi connectivity index (χ0) is 14.5. The topological polar surface area (TPSA) is 64.4 Å². The van der Waals surface area contributed by atoms with Crippen molar-refractivity contribution in [2.45, 2.75) is 13.5 Å². The van der Waals surface area contributed by atoms with Crippen molar-refractivity contribution in [1.82, 2.24) is 0 Å². The third-order valence-corrected chi connectivity index (χ3v) is 3.02. The molecule has 0 atom stereocenters. The summed E-state index contributed by atoms with van der Waals surface area (Å²) in [7, 11) is 1.66. The van der Waals surface area contributed by atoms with Crippen LogP contribution in [0.15, 0.2) is 42.5 Å². The van der Waals surface area contributed by atoms with Gasteiger partial charge in [0.05, 0.1) is 4.92 Å². The normalized spacial score (nSPS) is 10.1. The zero-order valence-corrected chi connectivity index (χ0v) is 11.4. The van der Waals surface area contributed by atoms with Gasteiger partial charge in [0, 0.05) is 13.1 Å². The second-order valence-electron chi connectivity index (χ2n) is 4.41. The maximum Gasteiger partial charge on any atom is 0.292 e.